The Bertz CT molecular complexity index is 588. The third-order valence-corrected chi connectivity index (χ3v) is 3.02. The predicted molar refractivity (Wildman–Crippen MR) is 77.0 cm³/mol. The maximum atomic E-state index is 8.24. The predicted octanol–water partition coefficient (Wildman–Crippen LogP) is 2.83. The minimum atomic E-state index is 0.412. The molecular formula is C15H17N3. The number of anilines is 2. The van der Waals surface area contributed by atoms with E-state index in [4.69, 9.17) is 16.9 Å². The van der Waals surface area contributed by atoms with Crippen molar-refractivity contribution in [3.05, 3.63) is 59.2 Å². The summed E-state index contributed by atoms with van der Waals surface area (Å²) in [4.78, 5) is 0. The first-order chi connectivity index (χ1) is 8.63. The van der Waals surface area contributed by atoms with Gasteiger partial charge in [0, 0.05) is 22.5 Å². The van der Waals surface area contributed by atoms with Crippen LogP contribution in [0.5, 0.6) is 0 Å². The van der Waals surface area contributed by atoms with Crippen molar-refractivity contribution in [2.45, 2.75) is 13.3 Å². The van der Waals surface area contributed by atoms with Crippen molar-refractivity contribution < 1.29 is 0 Å². The Morgan fingerprint density at radius 3 is 2.50 bits per heavy atom. The molecule has 0 amide bonds. The van der Waals surface area contributed by atoms with Gasteiger partial charge in [-0.25, -0.2) is 0 Å². The highest BCUT2D eigenvalue weighted by Gasteiger charge is 2.10. The Hall–Kier alpha value is -2.29. The van der Waals surface area contributed by atoms with Crippen molar-refractivity contribution in [3.63, 3.8) is 0 Å². The van der Waals surface area contributed by atoms with Crippen molar-refractivity contribution in [1.29, 1.82) is 5.41 Å². The third-order valence-electron chi connectivity index (χ3n) is 3.02. The molecule has 2 aromatic rings. The van der Waals surface area contributed by atoms with Gasteiger partial charge in [-0.05, 0) is 24.1 Å². The molecule has 0 aromatic heterocycles. The van der Waals surface area contributed by atoms with Crippen LogP contribution in [0.3, 0.4) is 0 Å². The molecule has 0 radical (unpaired) electrons. The fourth-order valence-corrected chi connectivity index (χ4v) is 1.99. The molecule has 3 heteroatoms. The summed E-state index contributed by atoms with van der Waals surface area (Å²) in [7, 11) is 0. The van der Waals surface area contributed by atoms with Crippen molar-refractivity contribution in [3.8, 4) is 0 Å². The Labute approximate surface area is 107 Å². The molecule has 0 bridgehead atoms. The molecule has 3 nitrogen and oxygen atoms in total. The minimum absolute atomic E-state index is 0.412. The van der Waals surface area contributed by atoms with Crippen LogP contribution in [0, 0.1) is 5.41 Å². The molecule has 2 aromatic carbocycles. The van der Waals surface area contributed by atoms with Gasteiger partial charge in [-0.3, -0.25) is 5.41 Å². The van der Waals surface area contributed by atoms with Gasteiger partial charge in [0.05, 0.1) is 5.71 Å². The standard InChI is InChI=1S/C15H17N3/c1-2-10-5-4-8-13(14(10)17)15(18)11-6-3-7-12(16)9-11/h3-9,18H,2,16-17H2,1H3. The second-order valence-corrected chi connectivity index (χ2v) is 4.23. The molecule has 0 fully saturated rings. The first-order valence-corrected chi connectivity index (χ1v) is 5.95. The fourth-order valence-electron chi connectivity index (χ4n) is 1.99. The summed E-state index contributed by atoms with van der Waals surface area (Å²) >= 11 is 0. The molecule has 2 rings (SSSR count). The van der Waals surface area contributed by atoms with Crippen LogP contribution >= 0.6 is 0 Å². The van der Waals surface area contributed by atoms with Gasteiger partial charge in [0.15, 0.2) is 0 Å². The van der Waals surface area contributed by atoms with E-state index < -0.39 is 0 Å². The highest BCUT2D eigenvalue weighted by molar-refractivity contribution is 6.14. The van der Waals surface area contributed by atoms with Crippen LogP contribution < -0.4 is 11.5 Å². The maximum Gasteiger partial charge on any atom is 0.0706 e. The zero-order valence-electron chi connectivity index (χ0n) is 10.4. The topological polar surface area (TPSA) is 75.9 Å². The number of nitrogens with two attached hydrogens (primary N) is 2. The van der Waals surface area contributed by atoms with Crippen LogP contribution in [-0.2, 0) is 6.42 Å². The van der Waals surface area contributed by atoms with Crippen molar-refractivity contribution in [2.75, 3.05) is 11.5 Å². The molecule has 0 saturated carbocycles. The van der Waals surface area contributed by atoms with Crippen LogP contribution in [0.15, 0.2) is 42.5 Å². The molecule has 0 saturated heterocycles. The van der Waals surface area contributed by atoms with Crippen molar-refractivity contribution in [1.82, 2.24) is 0 Å². The first-order valence-electron chi connectivity index (χ1n) is 5.95. The first kappa shape index (κ1) is 12.2. The fraction of sp³-hybridized carbons (Fsp3) is 0.133. The molecule has 0 spiro atoms. The van der Waals surface area contributed by atoms with Gasteiger partial charge in [0.2, 0.25) is 0 Å². The molecule has 0 atom stereocenters. The number of nitrogen functional groups attached to an aromatic ring is 2. The van der Waals surface area contributed by atoms with Gasteiger partial charge < -0.3 is 11.5 Å². The molecule has 5 N–H and O–H groups in total. The van der Waals surface area contributed by atoms with E-state index in [-0.39, 0.29) is 0 Å². The Morgan fingerprint density at radius 2 is 1.83 bits per heavy atom. The summed E-state index contributed by atoms with van der Waals surface area (Å²) < 4.78 is 0. The van der Waals surface area contributed by atoms with Gasteiger partial charge >= 0.3 is 0 Å². The van der Waals surface area contributed by atoms with Gasteiger partial charge in [-0.2, -0.15) is 0 Å². The van der Waals surface area contributed by atoms with E-state index in [1.807, 2.05) is 36.4 Å². The van der Waals surface area contributed by atoms with E-state index in [2.05, 4.69) is 6.92 Å². The maximum absolute atomic E-state index is 8.24. The van der Waals surface area contributed by atoms with Crippen molar-refractivity contribution in [2.24, 2.45) is 0 Å². The number of aryl methyl sites for hydroxylation is 1. The number of nitrogens with one attached hydrogen (secondary N) is 1. The lowest BCUT2D eigenvalue weighted by molar-refractivity contribution is 1.14. The third kappa shape index (κ3) is 2.20. The normalized spacial score (nSPS) is 10.3. The Kier molecular flexibility index (Phi) is 3.33. The smallest absolute Gasteiger partial charge is 0.0706 e. The largest absolute Gasteiger partial charge is 0.399 e. The van der Waals surface area contributed by atoms with Gasteiger partial charge in [-0.15, -0.1) is 0 Å². The molecule has 0 heterocycles. The van der Waals surface area contributed by atoms with Gasteiger partial charge in [-0.1, -0.05) is 37.3 Å². The van der Waals surface area contributed by atoms with Gasteiger partial charge in [0.1, 0.15) is 0 Å². The van der Waals surface area contributed by atoms with Crippen LogP contribution in [0.25, 0.3) is 0 Å². The Morgan fingerprint density at radius 1 is 1.11 bits per heavy atom. The number of hydrogen-bond donors (Lipinski definition) is 3. The van der Waals surface area contributed by atoms with E-state index in [1.165, 1.54) is 0 Å². The Balaban J connectivity index is 2.46. The summed E-state index contributed by atoms with van der Waals surface area (Å²) in [5, 5.41) is 8.24. The lowest BCUT2D eigenvalue weighted by Gasteiger charge is -2.11. The summed E-state index contributed by atoms with van der Waals surface area (Å²) in [6.45, 7) is 2.06. The second-order valence-electron chi connectivity index (χ2n) is 4.23. The second kappa shape index (κ2) is 4.92. The molecule has 0 aliphatic heterocycles. The lowest BCUT2D eigenvalue weighted by Crippen LogP contribution is -2.07. The highest BCUT2D eigenvalue weighted by Crippen LogP contribution is 2.22. The van der Waals surface area contributed by atoms with E-state index in [0.29, 0.717) is 17.1 Å². The van der Waals surface area contributed by atoms with E-state index in [1.54, 1.807) is 6.07 Å². The zero-order valence-corrected chi connectivity index (χ0v) is 10.4. The highest BCUT2D eigenvalue weighted by atomic mass is 14.6. The number of rotatable bonds is 3. The molecule has 0 aliphatic rings. The molecule has 0 unspecified atom stereocenters. The lowest BCUT2D eigenvalue weighted by atomic mass is 9.97. The van der Waals surface area contributed by atoms with E-state index >= 15 is 0 Å². The quantitative estimate of drug-likeness (QED) is 0.569. The average Bonchev–Trinajstić information content (AvgIpc) is 2.38. The number of benzene rings is 2. The SMILES string of the molecule is CCc1cccc(C(=N)c2cccc(N)c2)c1N. The minimum Gasteiger partial charge on any atom is -0.399 e. The summed E-state index contributed by atoms with van der Waals surface area (Å²) in [5.41, 5.74) is 16.2. The average molecular weight is 239 g/mol. The monoisotopic (exact) mass is 239 g/mol. The summed E-state index contributed by atoms with van der Waals surface area (Å²) in [6.07, 6.45) is 0.865. The van der Waals surface area contributed by atoms with Crippen LogP contribution in [0.4, 0.5) is 11.4 Å². The zero-order chi connectivity index (χ0) is 13.1. The van der Waals surface area contributed by atoms with Crippen molar-refractivity contribution >= 4 is 17.1 Å². The molecule has 92 valence electrons. The molecule has 18 heavy (non-hydrogen) atoms. The van der Waals surface area contributed by atoms with Crippen LogP contribution in [-0.4, -0.2) is 5.71 Å². The number of para-hydroxylation sites is 1. The number of hydrogen-bond acceptors (Lipinski definition) is 3. The molecule has 0 aliphatic carbocycles. The van der Waals surface area contributed by atoms with E-state index in [0.717, 1.165) is 23.1 Å². The van der Waals surface area contributed by atoms with E-state index in [9.17, 15) is 0 Å². The summed E-state index contributed by atoms with van der Waals surface area (Å²) in [6, 6.07) is 13.1. The van der Waals surface area contributed by atoms with Crippen LogP contribution in [0.2, 0.25) is 0 Å². The van der Waals surface area contributed by atoms with Gasteiger partial charge in [0.25, 0.3) is 0 Å². The summed E-state index contributed by atoms with van der Waals surface area (Å²) in [5.74, 6) is 0. The van der Waals surface area contributed by atoms with Crippen LogP contribution in [0.1, 0.15) is 23.6 Å². The molecular weight excluding hydrogens is 222 g/mol.